The number of anilines is 1. The van der Waals surface area contributed by atoms with Gasteiger partial charge in [-0.1, -0.05) is 0 Å². The number of nitrogens with zero attached hydrogens (tertiary/aromatic N) is 2. The minimum atomic E-state index is -4.32. The van der Waals surface area contributed by atoms with E-state index in [0.29, 0.717) is 4.47 Å². The first-order chi connectivity index (χ1) is 7.42. The fraction of sp³-hybridized carbons (Fsp3) is 0.444. The summed E-state index contributed by atoms with van der Waals surface area (Å²) in [6.45, 7) is -1.58. The van der Waals surface area contributed by atoms with Crippen molar-refractivity contribution < 1.29 is 18.3 Å². The smallest absolute Gasteiger partial charge is 0.395 e. The highest BCUT2D eigenvalue weighted by molar-refractivity contribution is 9.10. The molecule has 0 saturated carbocycles. The Kier molecular flexibility index (Phi) is 4.55. The van der Waals surface area contributed by atoms with Gasteiger partial charge < -0.3 is 10.0 Å². The minimum Gasteiger partial charge on any atom is -0.395 e. The average Bonchev–Trinajstić information content (AvgIpc) is 2.16. The van der Waals surface area contributed by atoms with Gasteiger partial charge in [0.05, 0.1) is 6.61 Å². The zero-order chi connectivity index (χ0) is 12.2. The maximum Gasteiger partial charge on any atom is 0.405 e. The molecule has 1 aromatic heterocycles. The van der Waals surface area contributed by atoms with E-state index >= 15 is 0 Å². The lowest BCUT2D eigenvalue weighted by molar-refractivity contribution is -0.119. The first-order valence-electron chi connectivity index (χ1n) is 4.46. The lowest BCUT2D eigenvalue weighted by atomic mass is 10.4. The molecule has 0 unspecified atom stereocenters. The molecular formula is C9H10BrF3N2O. The van der Waals surface area contributed by atoms with Crippen LogP contribution < -0.4 is 4.90 Å². The number of hydrogen-bond acceptors (Lipinski definition) is 3. The summed E-state index contributed by atoms with van der Waals surface area (Å²) in [5, 5.41) is 8.70. The topological polar surface area (TPSA) is 36.4 Å². The Morgan fingerprint density at radius 3 is 2.50 bits per heavy atom. The van der Waals surface area contributed by atoms with Crippen molar-refractivity contribution in [3.63, 3.8) is 0 Å². The molecule has 0 fully saturated rings. The van der Waals surface area contributed by atoms with Crippen LogP contribution in [0.3, 0.4) is 0 Å². The number of aromatic nitrogens is 1. The second-order valence-electron chi connectivity index (χ2n) is 3.09. The van der Waals surface area contributed by atoms with E-state index in [1.807, 2.05) is 0 Å². The molecule has 1 N–H and O–H groups in total. The fourth-order valence-corrected chi connectivity index (χ4v) is 1.40. The summed E-state index contributed by atoms with van der Waals surface area (Å²) in [5.74, 6) is 0.189. The quantitative estimate of drug-likeness (QED) is 0.926. The third-order valence-electron chi connectivity index (χ3n) is 1.78. The number of aliphatic hydroxyl groups excluding tert-OH is 1. The van der Waals surface area contributed by atoms with Crippen molar-refractivity contribution in [1.82, 2.24) is 4.98 Å². The molecule has 0 saturated heterocycles. The van der Waals surface area contributed by atoms with Crippen LogP contribution in [0.15, 0.2) is 22.8 Å². The van der Waals surface area contributed by atoms with E-state index in [2.05, 4.69) is 20.9 Å². The molecule has 1 aromatic rings. The molecule has 0 aliphatic rings. The summed E-state index contributed by atoms with van der Waals surface area (Å²) in [7, 11) is 0. The molecule has 0 spiro atoms. The van der Waals surface area contributed by atoms with Gasteiger partial charge in [0.25, 0.3) is 0 Å². The Bertz CT molecular complexity index is 329. The van der Waals surface area contributed by atoms with E-state index in [-0.39, 0.29) is 19.0 Å². The largest absolute Gasteiger partial charge is 0.405 e. The third kappa shape index (κ3) is 4.36. The van der Waals surface area contributed by atoms with Crippen molar-refractivity contribution >= 4 is 21.7 Å². The number of halogens is 4. The van der Waals surface area contributed by atoms with Gasteiger partial charge in [0.15, 0.2) is 0 Å². The Morgan fingerprint density at radius 1 is 1.38 bits per heavy atom. The molecule has 3 nitrogen and oxygen atoms in total. The molecule has 0 amide bonds. The van der Waals surface area contributed by atoms with Gasteiger partial charge in [-0.25, -0.2) is 4.98 Å². The summed E-state index contributed by atoms with van der Waals surface area (Å²) in [6, 6.07) is 3.06. The molecule has 0 radical (unpaired) electrons. The van der Waals surface area contributed by atoms with Crippen LogP contribution in [-0.2, 0) is 0 Å². The standard InChI is InChI=1S/C9H10BrF3N2O/c10-7-1-2-8(14-5-7)15(3-4-16)6-9(11,12)13/h1-2,5,16H,3-4,6H2. The van der Waals surface area contributed by atoms with Crippen LogP contribution in [0.25, 0.3) is 0 Å². The molecule has 90 valence electrons. The molecule has 0 aromatic carbocycles. The second kappa shape index (κ2) is 5.49. The van der Waals surface area contributed by atoms with E-state index in [1.165, 1.54) is 12.3 Å². The maximum atomic E-state index is 12.2. The zero-order valence-corrected chi connectivity index (χ0v) is 9.79. The summed E-state index contributed by atoms with van der Waals surface area (Å²) < 4.78 is 37.4. The van der Waals surface area contributed by atoms with Crippen LogP contribution in [0.1, 0.15) is 0 Å². The molecule has 0 atom stereocenters. The van der Waals surface area contributed by atoms with Crippen molar-refractivity contribution in [2.24, 2.45) is 0 Å². The summed E-state index contributed by atoms with van der Waals surface area (Å²) in [5.41, 5.74) is 0. The maximum absolute atomic E-state index is 12.2. The van der Waals surface area contributed by atoms with Gasteiger partial charge in [-0.3, -0.25) is 0 Å². The Balaban J connectivity index is 2.80. The number of rotatable bonds is 4. The van der Waals surface area contributed by atoms with Crippen LogP contribution in [0, 0.1) is 0 Å². The van der Waals surface area contributed by atoms with Crippen molar-refractivity contribution in [3.05, 3.63) is 22.8 Å². The van der Waals surface area contributed by atoms with Gasteiger partial charge in [0.2, 0.25) is 0 Å². The van der Waals surface area contributed by atoms with Crippen molar-refractivity contribution in [3.8, 4) is 0 Å². The Labute approximate surface area is 99.0 Å². The summed E-state index contributed by atoms with van der Waals surface area (Å²) in [4.78, 5) is 4.83. The molecule has 0 aliphatic carbocycles. The van der Waals surface area contributed by atoms with Crippen LogP contribution in [-0.4, -0.2) is 36.0 Å². The van der Waals surface area contributed by atoms with Crippen molar-refractivity contribution in [2.75, 3.05) is 24.6 Å². The van der Waals surface area contributed by atoms with Gasteiger partial charge in [-0.15, -0.1) is 0 Å². The summed E-state index contributed by atoms with van der Waals surface area (Å²) in [6.07, 6.45) is -2.90. The molecular weight excluding hydrogens is 289 g/mol. The highest BCUT2D eigenvalue weighted by atomic mass is 79.9. The lowest BCUT2D eigenvalue weighted by Crippen LogP contribution is -2.36. The molecule has 16 heavy (non-hydrogen) atoms. The van der Waals surface area contributed by atoms with Gasteiger partial charge in [-0.05, 0) is 28.1 Å². The van der Waals surface area contributed by atoms with Crippen molar-refractivity contribution in [1.29, 1.82) is 0 Å². The van der Waals surface area contributed by atoms with Crippen LogP contribution in [0.2, 0.25) is 0 Å². The van der Waals surface area contributed by atoms with Gasteiger partial charge in [0.1, 0.15) is 12.4 Å². The van der Waals surface area contributed by atoms with Crippen LogP contribution in [0.5, 0.6) is 0 Å². The lowest BCUT2D eigenvalue weighted by Gasteiger charge is -2.23. The highest BCUT2D eigenvalue weighted by Gasteiger charge is 2.31. The Hall–Kier alpha value is -0.820. The highest BCUT2D eigenvalue weighted by Crippen LogP contribution is 2.21. The van der Waals surface area contributed by atoms with E-state index in [9.17, 15) is 13.2 Å². The molecule has 1 heterocycles. The first-order valence-corrected chi connectivity index (χ1v) is 5.26. The fourth-order valence-electron chi connectivity index (χ4n) is 1.17. The normalized spacial score (nSPS) is 11.6. The number of pyridine rings is 1. The van der Waals surface area contributed by atoms with E-state index in [4.69, 9.17) is 5.11 Å². The van der Waals surface area contributed by atoms with Crippen LogP contribution in [0.4, 0.5) is 19.0 Å². The molecule has 0 aliphatic heterocycles. The molecule has 1 rings (SSSR count). The molecule has 7 heteroatoms. The molecule has 0 bridgehead atoms. The Morgan fingerprint density at radius 2 is 2.06 bits per heavy atom. The number of hydrogen-bond donors (Lipinski definition) is 1. The second-order valence-corrected chi connectivity index (χ2v) is 4.01. The van der Waals surface area contributed by atoms with Gasteiger partial charge in [0, 0.05) is 17.2 Å². The van der Waals surface area contributed by atoms with Crippen LogP contribution >= 0.6 is 15.9 Å². The van der Waals surface area contributed by atoms with Gasteiger partial charge >= 0.3 is 6.18 Å². The third-order valence-corrected chi connectivity index (χ3v) is 2.24. The minimum absolute atomic E-state index is 0.103. The van der Waals surface area contributed by atoms with Gasteiger partial charge in [-0.2, -0.15) is 13.2 Å². The predicted molar refractivity (Wildman–Crippen MR) is 57.3 cm³/mol. The average molecular weight is 299 g/mol. The number of alkyl halides is 3. The van der Waals surface area contributed by atoms with E-state index in [0.717, 1.165) is 4.90 Å². The zero-order valence-electron chi connectivity index (χ0n) is 8.21. The van der Waals surface area contributed by atoms with E-state index in [1.54, 1.807) is 6.07 Å². The van der Waals surface area contributed by atoms with E-state index < -0.39 is 12.7 Å². The predicted octanol–water partition coefficient (Wildman–Crippen LogP) is 2.21. The first kappa shape index (κ1) is 13.2. The SMILES string of the molecule is OCCN(CC(F)(F)F)c1ccc(Br)cn1. The monoisotopic (exact) mass is 298 g/mol. The summed E-state index contributed by atoms with van der Waals surface area (Å²) >= 11 is 3.14. The number of aliphatic hydroxyl groups is 1. The van der Waals surface area contributed by atoms with Crippen molar-refractivity contribution in [2.45, 2.75) is 6.18 Å².